The van der Waals surface area contributed by atoms with Gasteiger partial charge in [0.25, 0.3) is 0 Å². The Bertz CT molecular complexity index is 483. The fraction of sp³-hybridized carbons (Fsp3) is 0.500. The van der Waals surface area contributed by atoms with Crippen molar-refractivity contribution >= 4 is 22.0 Å². The number of carbonyl (C=O) groups is 1. The second-order valence-corrected chi connectivity index (χ2v) is 6.32. The van der Waals surface area contributed by atoms with E-state index in [1.54, 1.807) is 27.7 Å². The predicted octanol–water partition coefficient (Wildman–Crippen LogP) is 4.48. The highest BCUT2D eigenvalue weighted by molar-refractivity contribution is 9.10. The molecule has 1 aromatic carbocycles. The molecule has 0 aromatic heterocycles. The van der Waals surface area contributed by atoms with Crippen LogP contribution in [0.1, 0.15) is 44.9 Å². The molecule has 1 atom stereocenters. The van der Waals surface area contributed by atoms with Crippen LogP contribution in [0.4, 0.5) is 9.18 Å². The summed E-state index contributed by atoms with van der Waals surface area (Å²) in [5.41, 5.74) is 1.06. The van der Waals surface area contributed by atoms with Gasteiger partial charge >= 0.3 is 6.09 Å². The summed E-state index contributed by atoms with van der Waals surface area (Å²) >= 11 is 3.30. The van der Waals surface area contributed by atoms with Gasteiger partial charge in [0.2, 0.25) is 0 Å². The van der Waals surface area contributed by atoms with Gasteiger partial charge in [0.1, 0.15) is 11.4 Å². The molecule has 19 heavy (non-hydrogen) atoms. The average molecular weight is 332 g/mol. The summed E-state index contributed by atoms with van der Waals surface area (Å²) in [7, 11) is 0. The summed E-state index contributed by atoms with van der Waals surface area (Å²) in [6.45, 7) is 9.04. The molecule has 0 heterocycles. The number of alkyl carbamates (subject to hydrolysis) is 1. The number of nitrogens with one attached hydrogen (secondary N) is 1. The zero-order valence-corrected chi connectivity index (χ0v) is 13.4. The molecule has 0 spiro atoms. The number of carbonyl (C=O) groups excluding carboxylic acids is 1. The summed E-state index contributed by atoms with van der Waals surface area (Å²) in [6.07, 6.45) is -0.514. The zero-order valence-electron chi connectivity index (χ0n) is 11.8. The molecule has 1 aromatic rings. The van der Waals surface area contributed by atoms with Gasteiger partial charge in [-0.3, -0.25) is 0 Å². The summed E-state index contributed by atoms with van der Waals surface area (Å²) in [5.74, 6) is -0.342. The van der Waals surface area contributed by atoms with Gasteiger partial charge < -0.3 is 10.1 Å². The molecule has 0 aliphatic rings. The van der Waals surface area contributed by atoms with Gasteiger partial charge in [-0.25, -0.2) is 9.18 Å². The van der Waals surface area contributed by atoms with Crippen LogP contribution in [0.25, 0.3) is 0 Å². The smallest absolute Gasteiger partial charge is 0.408 e. The molecule has 1 N–H and O–H groups in total. The van der Waals surface area contributed by atoms with Crippen LogP contribution in [0.5, 0.6) is 0 Å². The number of rotatable bonds is 2. The molecule has 0 saturated heterocycles. The highest BCUT2D eigenvalue weighted by Gasteiger charge is 2.19. The van der Waals surface area contributed by atoms with E-state index in [1.165, 1.54) is 12.1 Å². The van der Waals surface area contributed by atoms with Crippen molar-refractivity contribution in [1.82, 2.24) is 5.32 Å². The van der Waals surface area contributed by atoms with E-state index in [-0.39, 0.29) is 11.9 Å². The second kappa shape index (κ2) is 5.90. The van der Waals surface area contributed by atoms with Gasteiger partial charge in [0, 0.05) is 4.47 Å². The lowest BCUT2D eigenvalue weighted by atomic mass is 10.0. The van der Waals surface area contributed by atoms with E-state index in [9.17, 15) is 9.18 Å². The lowest BCUT2D eigenvalue weighted by molar-refractivity contribution is 0.0507. The highest BCUT2D eigenvalue weighted by atomic mass is 79.9. The van der Waals surface area contributed by atoms with E-state index in [2.05, 4.69) is 21.2 Å². The fourth-order valence-corrected chi connectivity index (χ4v) is 2.13. The molecule has 0 bridgehead atoms. The Morgan fingerprint density at radius 3 is 2.53 bits per heavy atom. The van der Waals surface area contributed by atoms with E-state index in [0.717, 1.165) is 11.1 Å². The third-order valence-electron chi connectivity index (χ3n) is 2.55. The van der Waals surface area contributed by atoms with Crippen molar-refractivity contribution in [2.45, 2.75) is 46.3 Å². The van der Waals surface area contributed by atoms with Crippen LogP contribution >= 0.6 is 15.9 Å². The van der Waals surface area contributed by atoms with Crippen LogP contribution in [0, 0.1) is 12.7 Å². The van der Waals surface area contributed by atoms with E-state index in [1.807, 2.05) is 6.92 Å². The maximum Gasteiger partial charge on any atom is 0.408 e. The average Bonchev–Trinajstić information content (AvgIpc) is 2.20. The SMILES string of the molecule is Cc1c(Br)cc(F)cc1[C@@H](C)NC(=O)OC(C)(C)C. The second-order valence-electron chi connectivity index (χ2n) is 5.47. The Labute approximate surface area is 121 Å². The normalized spacial score (nSPS) is 13.0. The van der Waals surface area contributed by atoms with Gasteiger partial charge in [0.15, 0.2) is 0 Å². The quantitative estimate of drug-likeness (QED) is 0.867. The van der Waals surface area contributed by atoms with Crippen molar-refractivity contribution in [3.05, 3.63) is 33.5 Å². The van der Waals surface area contributed by atoms with Gasteiger partial charge in [-0.2, -0.15) is 0 Å². The molecule has 3 nitrogen and oxygen atoms in total. The summed E-state index contributed by atoms with van der Waals surface area (Å²) in [5, 5.41) is 2.70. The van der Waals surface area contributed by atoms with Crippen LogP contribution < -0.4 is 5.32 Å². The molecular weight excluding hydrogens is 313 g/mol. The predicted molar refractivity (Wildman–Crippen MR) is 76.6 cm³/mol. The number of benzene rings is 1. The number of hydrogen-bond acceptors (Lipinski definition) is 2. The van der Waals surface area contributed by atoms with Crippen LogP contribution in [-0.4, -0.2) is 11.7 Å². The molecule has 0 saturated carbocycles. The number of amides is 1. The number of ether oxygens (including phenoxy) is 1. The molecule has 0 fully saturated rings. The largest absolute Gasteiger partial charge is 0.444 e. The van der Waals surface area contributed by atoms with Crippen molar-refractivity contribution < 1.29 is 13.9 Å². The first-order chi connectivity index (χ1) is 8.60. The monoisotopic (exact) mass is 331 g/mol. The first kappa shape index (κ1) is 16.0. The third kappa shape index (κ3) is 4.82. The summed E-state index contributed by atoms with van der Waals surface area (Å²) in [4.78, 5) is 11.7. The molecular formula is C14H19BrFNO2. The fourth-order valence-electron chi connectivity index (χ4n) is 1.68. The van der Waals surface area contributed by atoms with Crippen LogP contribution in [-0.2, 0) is 4.74 Å². The topological polar surface area (TPSA) is 38.3 Å². The maximum absolute atomic E-state index is 13.4. The minimum atomic E-state index is -0.554. The Morgan fingerprint density at radius 2 is 2.00 bits per heavy atom. The van der Waals surface area contributed by atoms with Crippen LogP contribution in [0.2, 0.25) is 0 Å². The molecule has 1 amide bonds. The minimum absolute atomic E-state index is 0.332. The Kier molecular flexibility index (Phi) is 4.96. The Balaban J connectivity index is 2.84. The van der Waals surface area contributed by atoms with Crippen molar-refractivity contribution in [3.63, 3.8) is 0 Å². The van der Waals surface area contributed by atoms with Crippen molar-refractivity contribution in [1.29, 1.82) is 0 Å². The number of halogens is 2. The number of hydrogen-bond donors (Lipinski definition) is 1. The van der Waals surface area contributed by atoms with Gasteiger partial charge in [0.05, 0.1) is 6.04 Å². The van der Waals surface area contributed by atoms with Crippen molar-refractivity contribution in [2.75, 3.05) is 0 Å². The van der Waals surface area contributed by atoms with Crippen molar-refractivity contribution in [3.8, 4) is 0 Å². The van der Waals surface area contributed by atoms with E-state index in [4.69, 9.17) is 4.74 Å². The Morgan fingerprint density at radius 1 is 1.42 bits per heavy atom. The molecule has 0 radical (unpaired) electrons. The summed E-state index contributed by atoms with van der Waals surface area (Å²) < 4.78 is 19.3. The molecule has 0 aliphatic heterocycles. The Hall–Kier alpha value is -1.10. The first-order valence-corrected chi connectivity index (χ1v) is 6.84. The van der Waals surface area contributed by atoms with Gasteiger partial charge in [-0.1, -0.05) is 15.9 Å². The van der Waals surface area contributed by atoms with E-state index < -0.39 is 11.7 Å². The maximum atomic E-state index is 13.4. The van der Waals surface area contributed by atoms with E-state index in [0.29, 0.717) is 4.47 Å². The highest BCUT2D eigenvalue weighted by Crippen LogP contribution is 2.26. The minimum Gasteiger partial charge on any atom is -0.444 e. The molecule has 0 unspecified atom stereocenters. The zero-order chi connectivity index (χ0) is 14.8. The first-order valence-electron chi connectivity index (χ1n) is 6.05. The van der Waals surface area contributed by atoms with E-state index >= 15 is 0 Å². The lowest BCUT2D eigenvalue weighted by Crippen LogP contribution is -2.34. The molecule has 5 heteroatoms. The molecule has 1 rings (SSSR count). The van der Waals surface area contributed by atoms with Crippen LogP contribution in [0.3, 0.4) is 0 Å². The molecule has 106 valence electrons. The molecule has 0 aliphatic carbocycles. The van der Waals surface area contributed by atoms with Crippen LogP contribution in [0.15, 0.2) is 16.6 Å². The lowest BCUT2D eigenvalue weighted by Gasteiger charge is -2.23. The standard InChI is InChI=1S/C14H19BrFNO2/c1-8-11(6-10(16)7-12(8)15)9(2)17-13(18)19-14(3,4)5/h6-7,9H,1-5H3,(H,17,18)/t9-/m1/s1. The van der Waals surface area contributed by atoms with Crippen molar-refractivity contribution in [2.24, 2.45) is 0 Å². The third-order valence-corrected chi connectivity index (χ3v) is 3.37. The summed E-state index contributed by atoms with van der Waals surface area (Å²) in [6, 6.07) is 2.49. The van der Waals surface area contributed by atoms with Gasteiger partial charge in [-0.05, 0) is 57.9 Å². The van der Waals surface area contributed by atoms with Gasteiger partial charge in [-0.15, -0.1) is 0 Å².